The molecule has 0 radical (unpaired) electrons. The minimum Gasteiger partial charge on any atom is -0.0887 e. The summed E-state index contributed by atoms with van der Waals surface area (Å²) in [5, 5.41) is 0. The zero-order chi connectivity index (χ0) is 16.3. The Morgan fingerprint density at radius 1 is 0.682 bits per heavy atom. The van der Waals surface area contributed by atoms with Crippen LogP contribution in [0.3, 0.4) is 0 Å². The Kier molecular flexibility index (Phi) is 2.88. The summed E-state index contributed by atoms with van der Waals surface area (Å²) in [5.74, 6) is 2.68. The lowest BCUT2D eigenvalue weighted by atomic mass is 9.68. The first-order valence-electron chi connectivity index (χ1n) is 9.09. The predicted octanol–water partition coefficient (Wildman–Crippen LogP) is 5.87. The van der Waals surface area contributed by atoms with E-state index in [9.17, 15) is 0 Å². The molecule has 0 saturated heterocycles. The van der Waals surface area contributed by atoms with Crippen LogP contribution in [0.4, 0.5) is 0 Å². The fourth-order valence-electron chi connectivity index (χ4n) is 7.14. The molecule has 4 rings (SSSR count). The largest absolute Gasteiger partial charge is 0.0887 e. The summed E-state index contributed by atoms with van der Waals surface area (Å²) in [6, 6.07) is 0. The van der Waals surface area contributed by atoms with Crippen molar-refractivity contribution in [3.63, 3.8) is 0 Å². The second-order valence-corrected chi connectivity index (χ2v) is 11.1. The molecule has 4 aliphatic rings. The summed E-state index contributed by atoms with van der Waals surface area (Å²) in [5.41, 5.74) is 1.24. The van der Waals surface area contributed by atoms with Crippen molar-refractivity contribution in [3.8, 4) is 0 Å². The summed E-state index contributed by atoms with van der Waals surface area (Å²) in [4.78, 5) is 2.76. The van der Waals surface area contributed by atoms with E-state index in [1.54, 1.807) is 0 Å². The van der Waals surface area contributed by atoms with Gasteiger partial charge in [-0.2, -0.15) is 0 Å². The molecule has 122 valence electrons. The smallest absolute Gasteiger partial charge is 0.00456 e. The Labute approximate surface area is 146 Å². The van der Waals surface area contributed by atoms with Gasteiger partial charge in [0.1, 0.15) is 0 Å². The van der Waals surface area contributed by atoms with Crippen LogP contribution in [-0.4, -0.2) is 9.73 Å². The van der Waals surface area contributed by atoms with Gasteiger partial charge in [-0.3, -0.25) is 0 Å². The molecule has 0 amide bonds. The molecule has 0 aromatic rings. The molecule has 2 heteroatoms. The van der Waals surface area contributed by atoms with E-state index in [-0.39, 0.29) is 10.8 Å². The maximum absolute atomic E-state index is 6.11. The lowest BCUT2D eigenvalue weighted by molar-refractivity contribution is 0.135. The van der Waals surface area contributed by atoms with E-state index in [2.05, 4.69) is 41.5 Å². The lowest BCUT2D eigenvalue weighted by Gasteiger charge is -2.38. The van der Waals surface area contributed by atoms with Crippen molar-refractivity contribution in [1.82, 2.24) is 0 Å². The van der Waals surface area contributed by atoms with Crippen molar-refractivity contribution in [2.75, 3.05) is 0 Å². The van der Waals surface area contributed by atoms with Crippen molar-refractivity contribution in [2.24, 2.45) is 45.3 Å². The number of hydrogen-bond donors (Lipinski definition) is 0. The molecule has 0 unspecified atom stereocenters. The Hall–Kier alpha value is 0.180. The molecule has 0 spiro atoms. The van der Waals surface area contributed by atoms with Crippen LogP contribution in [0.15, 0.2) is 0 Å². The van der Waals surface area contributed by atoms with Gasteiger partial charge in [-0.15, -0.1) is 0 Å². The van der Waals surface area contributed by atoms with Crippen LogP contribution in [-0.2, 0) is 0 Å². The van der Waals surface area contributed by atoms with E-state index < -0.39 is 0 Å². The summed E-state index contributed by atoms with van der Waals surface area (Å²) >= 11 is 12.2. The molecular weight excluding hydrogens is 304 g/mol. The van der Waals surface area contributed by atoms with Crippen molar-refractivity contribution < 1.29 is 0 Å². The molecule has 6 atom stereocenters. The van der Waals surface area contributed by atoms with E-state index >= 15 is 0 Å². The molecule has 4 aliphatic carbocycles. The highest BCUT2D eigenvalue weighted by atomic mass is 32.1. The highest BCUT2D eigenvalue weighted by Gasteiger charge is 2.71. The van der Waals surface area contributed by atoms with Crippen LogP contribution < -0.4 is 0 Å². The van der Waals surface area contributed by atoms with Crippen LogP contribution in [0.1, 0.15) is 67.2 Å². The number of fused-ring (bicyclic) bond motifs is 4. The van der Waals surface area contributed by atoms with Gasteiger partial charge in [-0.05, 0) is 48.3 Å². The number of rotatable bonds is 1. The van der Waals surface area contributed by atoms with Gasteiger partial charge in [0, 0.05) is 32.4 Å². The van der Waals surface area contributed by atoms with E-state index in [1.165, 1.54) is 35.4 Å². The van der Waals surface area contributed by atoms with E-state index in [4.69, 9.17) is 24.4 Å². The fourth-order valence-corrected chi connectivity index (χ4v) is 8.49. The highest BCUT2D eigenvalue weighted by molar-refractivity contribution is 7.81. The molecule has 4 bridgehead atoms. The first kappa shape index (κ1) is 15.7. The zero-order valence-corrected chi connectivity index (χ0v) is 16.6. The van der Waals surface area contributed by atoms with E-state index in [0.717, 1.165) is 11.8 Å². The van der Waals surface area contributed by atoms with Crippen LogP contribution in [0, 0.1) is 45.3 Å². The van der Waals surface area contributed by atoms with Gasteiger partial charge in [0.25, 0.3) is 0 Å². The second kappa shape index (κ2) is 4.04. The Morgan fingerprint density at radius 3 is 1.23 bits per heavy atom. The Bertz CT molecular complexity index is 535. The van der Waals surface area contributed by atoms with Gasteiger partial charge < -0.3 is 0 Å². The van der Waals surface area contributed by atoms with Crippen LogP contribution in [0.5, 0.6) is 0 Å². The van der Waals surface area contributed by atoms with Gasteiger partial charge in [0.15, 0.2) is 0 Å². The molecule has 0 aromatic carbocycles. The minimum absolute atomic E-state index is 0.264. The van der Waals surface area contributed by atoms with Crippen molar-refractivity contribution >= 4 is 34.2 Å². The summed E-state index contributed by atoms with van der Waals surface area (Å²) in [7, 11) is 0. The number of hydrogen-bond acceptors (Lipinski definition) is 2. The van der Waals surface area contributed by atoms with Crippen molar-refractivity contribution in [2.45, 2.75) is 67.2 Å². The minimum atomic E-state index is 0.264. The van der Waals surface area contributed by atoms with Crippen LogP contribution in [0.2, 0.25) is 0 Å². The van der Waals surface area contributed by atoms with E-state index in [0.29, 0.717) is 22.7 Å². The molecule has 0 aromatic heterocycles. The summed E-state index contributed by atoms with van der Waals surface area (Å²) in [6.07, 6.45) is 5.31. The predicted molar refractivity (Wildman–Crippen MR) is 101 cm³/mol. The molecule has 4 saturated carbocycles. The van der Waals surface area contributed by atoms with E-state index in [1.807, 2.05) is 0 Å². The van der Waals surface area contributed by atoms with Crippen LogP contribution >= 0.6 is 24.4 Å². The maximum Gasteiger partial charge on any atom is 0.00456 e. The summed E-state index contributed by atoms with van der Waals surface area (Å²) < 4.78 is 0. The molecular formula is C20H30S2. The van der Waals surface area contributed by atoms with Gasteiger partial charge in [0.05, 0.1) is 0 Å². The van der Waals surface area contributed by atoms with Crippen molar-refractivity contribution in [1.29, 1.82) is 0 Å². The second-order valence-electron chi connectivity index (χ2n) is 10.2. The topological polar surface area (TPSA) is 0 Å². The fraction of sp³-hybridized carbons (Fsp3) is 0.900. The maximum atomic E-state index is 6.11. The normalized spacial score (nSPS) is 54.5. The van der Waals surface area contributed by atoms with Crippen LogP contribution in [0.25, 0.3) is 0 Å². The molecule has 0 N–H and O–H groups in total. The molecule has 0 heterocycles. The average molecular weight is 335 g/mol. The van der Waals surface area contributed by atoms with Gasteiger partial charge in [0.2, 0.25) is 0 Å². The lowest BCUT2D eigenvalue weighted by Crippen LogP contribution is -2.40. The molecule has 4 fully saturated rings. The molecule has 0 aliphatic heterocycles. The highest BCUT2D eigenvalue weighted by Crippen LogP contribution is 2.74. The molecule has 22 heavy (non-hydrogen) atoms. The zero-order valence-electron chi connectivity index (χ0n) is 15.0. The van der Waals surface area contributed by atoms with Gasteiger partial charge >= 0.3 is 0 Å². The standard InChI is InChI=1S/C20H30S2/c1-17(2)11-7-9-19(17,5)15(21)13(11)14-12-8-10-20(6,16(14)22)18(12,3)4/h11-14H,7-10H2,1-6H3/t11-,12-,13+,14+,19+,20+/m0/s1. The third kappa shape index (κ3) is 1.35. The van der Waals surface area contributed by atoms with Gasteiger partial charge in [-0.25, -0.2) is 0 Å². The van der Waals surface area contributed by atoms with Crippen molar-refractivity contribution in [3.05, 3.63) is 0 Å². The monoisotopic (exact) mass is 334 g/mol. The third-order valence-electron chi connectivity index (χ3n) is 9.56. The Balaban J connectivity index is 1.80. The first-order chi connectivity index (χ1) is 10.00. The number of thiocarbonyl (C=S) groups is 2. The summed E-state index contributed by atoms with van der Waals surface area (Å²) in [6.45, 7) is 14.8. The van der Waals surface area contributed by atoms with Gasteiger partial charge in [-0.1, -0.05) is 66.0 Å². The first-order valence-corrected chi connectivity index (χ1v) is 9.90. The SMILES string of the molecule is CC1(C)[C@H]2CC[C@]1(C)C(=S)[C@H]2[C@@H]1C(=S)[C@@]2(C)CC[C@@H]1C2(C)C. The third-order valence-corrected chi connectivity index (χ3v) is 11.0. The molecule has 0 nitrogen and oxygen atoms in total. The average Bonchev–Trinajstić information content (AvgIpc) is 2.90. The Morgan fingerprint density at radius 2 is 1.00 bits per heavy atom. The quantitative estimate of drug-likeness (QED) is 0.550.